The first-order valence-corrected chi connectivity index (χ1v) is 9.43. The molecule has 0 bridgehead atoms. The zero-order valence-corrected chi connectivity index (χ0v) is 15.8. The Morgan fingerprint density at radius 1 is 1.15 bits per heavy atom. The molecule has 1 N–H and O–H groups in total. The summed E-state index contributed by atoms with van der Waals surface area (Å²) in [5.41, 5.74) is 3.94. The highest BCUT2D eigenvalue weighted by Gasteiger charge is 2.17. The van der Waals surface area contributed by atoms with Crippen LogP contribution in [0.5, 0.6) is 11.5 Å². The highest BCUT2D eigenvalue weighted by Crippen LogP contribution is 2.29. The number of rotatable bonds is 9. The molecule has 2 aromatic rings. The molecular weight excluding hydrogens is 326 g/mol. The van der Waals surface area contributed by atoms with E-state index in [1.807, 2.05) is 12.1 Å². The molecule has 4 nitrogen and oxygen atoms in total. The predicted octanol–water partition coefficient (Wildman–Crippen LogP) is 3.89. The number of nitrogens with one attached hydrogen (secondary N) is 1. The van der Waals surface area contributed by atoms with Crippen LogP contribution in [0.25, 0.3) is 0 Å². The molecule has 1 atom stereocenters. The second-order valence-electron chi connectivity index (χ2n) is 6.78. The fraction of sp³-hybridized carbons (Fsp3) is 0.455. The lowest BCUT2D eigenvalue weighted by Gasteiger charge is -2.15. The van der Waals surface area contributed by atoms with Crippen LogP contribution in [0.4, 0.5) is 0 Å². The second kappa shape index (κ2) is 9.60. The summed E-state index contributed by atoms with van der Waals surface area (Å²) in [5, 5.41) is 3.51. The van der Waals surface area contributed by atoms with E-state index in [4.69, 9.17) is 14.2 Å². The first-order chi connectivity index (χ1) is 12.8. The van der Waals surface area contributed by atoms with E-state index in [0.29, 0.717) is 6.61 Å². The maximum atomic E-state index is 5.89. The van der Waals surface area contributed by atoms with Crippen molar-refractivity contribution in [2.75, 3.05) is 26.9 Å². The van der Waals surface area contributed by atoms with Gasteiger partial charge in [-0.25, -0.2) is 0 Å². The van der Waals surface area contributed by atoms with E-state index >= 15 is 0 Å². The molecular formula is C22H29NO3. The van der Waals surface area contributed by atoms with E-state index < -0.39 is 0 Å². The van der Waals surface area contributed by atoms with Crippen LogP contribution in [0, 0.1) is 6.92 Å². The van der Waals surface area contributed by atoms with E-state index in [2.05, 4.69) is 42.6 Å². The van der Waals surface area contributed by atoms with Gasteiger partial charge in [-0.05, 0) is 61.6 Å². The lowest BCUT2D eigenvalue weighted by atomic mass is 10.1. The maximum Gasteiger partial charge on any atom is 0.161 e. The molecule has 1 heterocycles. The molecule has 0 radical (unpaired) electrons. The van der Waals surface area contributed by atoms with Crippen LogP contribution in [-0.2, 0) is 17.7 Å². The van der Waals surface area contributed by atoms with Crippen molar-refractivity contribution in [3.8, 4) is 11.5 Å². The number of aryl methyl sites for hydroxylation is 1. The summed E-state index contributed by atoms with van der Waals surface area (Å²) < 4.78 is 17.0. The smallest absolute Gasteiger partial charge is 0.161 e. The molecule has 1 aliphatic rings. The van der Waals surface area contributed by atoms with Crippen molar-refractivity contribution in [2.24, 2.45) is 0 Å². The summed E-state index contributed by atoms with van der Waals surface area (Å²) in [7, 11) is 1.68. The lowest BCUT2D eigenvalue weighted by Crippen LogP contribution is -2.18. The number of benzene rings is 2. The molecule has 0 aromatic heterocycles. The lowest BCUT2D eigenvalue weighted by molar-refractivity contribution is 0.0669. The molecule has 140 valence electrons. The van der Waals surface area contributed by atoms with Gasteiger partial charge in [-0.2, -0.15) is 0 Å². The molecule has 2 aromatic carbocycles. The average molecular weight is 355 g/mol. The van der Waals surface area contributed by atoms with Gasteiger partial charge in [0.15, 0.2) is 11.5 Å². The normalized spacial score (nSPS) is 16.6. The van der Waals surface area contributed by atoms with Crippen LogP contribution >= 0.6 is 0 Å². The number of ether oxygens (including phenoxy) is 3. The van der Waals surface area contributed by atoms with Gasteiger partial charge in [0.25, 0.3) is 0 Å². The summed E-state index contributed by atoms with van der Waals surface area (Å²) in [4.78, 5) is 0. The third kappa shape index (κ3) is 5.23. The second-order valence-corrected chi connectivity index (χ2v) is 6.78. The maximum absolute atomic E-state index is 5.89. The molecule has 1 fully saturated rings. The molecule has 0 aliphatic carbocycles. The van der Waals surface area contributed by atoms with Crippen molar-refractivity contribution in [1.29, 1.82) is 0 Å². The van der Waals surface area contributed by atoms with E-state index in [-0.39, 0.29) is 6.10 Å². The van der Waals surface area contributed by atoms with Crippen molar-refractivity contribution in [3.63, 3.8) is 0 Å². The predicted molar refractivity (Wildman–Crippen MR) is 104 cm³/mol. The fourth-order valence-electron chi connectivity index (χ4n) is 3.25. The Kier molecular flexibility index (Phi) is 6.92. The SMILES string of the molecule is COc1cc(CNCCc2ccccc2C)ccc1OCC1CCCO1. The van der Waals surface area contributed by atoms with Crippen LogP contribution in [0.1, 0.15) is 29.5 Å². The Hall–Kier alpha value is -2.04. The summed E-state index contributed by atoms with van der Waals surface area (Å²) in [6.07, 6.45) is 3.44. The highest BCUT2D eigenvalue weighted by molar-refractivity contribution is 5.43. The van der Waals surface area contributed by atoms with Gasteiger partial charge in [0, 0.05) is 13.2 Å². The third-order valence-electron chi connectivity index (χ3n) is 4.84. The molecule has 0 spiro atoms. The molecule has 1 aliphatic heterocycles. The minimum atomic E-state index is 0.211. The topological polar surface area (TPSA) is 39.7 Å². The van der Waals surface area contributed by atoms with Gasteiger partial charge in [-0.3, -0.25) is 0 Å². The summed E-state index contributed by atoms with van der Waals surface area (Å²) in [6, 6.07) is 14.7. The van der Waals surface area contributed by atoms with Crippen LogP contribution in [0.3, 0.4) is 0 Å². The zero-order chi connectivity index (χ0) is 18.2. The van der Waals surface area contributed by atoms with Crippen LogP contribution < -0.4 is 14.8 Å². The Labute approximate surface area is 156 Å². The molecule has 1 saturated heterocycles. The Morgan fingerprint density at radius 2 is 2.04 bits per heavy atom. The van der Waals surface area contributed by atoms with Gasteiger partial charge in [0.2, 0.25) is 0 Å². The monoisotopic (exact) mass is 355 g/mol. The summed E-state index contributed by atoms with van der Waals surface area (Å²) >= 11 is 0. The number of hydrogen-bond donors (Lipinski definition) is 1. The van der Waals surface area contributed by atoms with E-state index in [1.54, 1.807) is 7.11 Å². The third-order valence-corrected chi connectivity index (χ3v) is 4.84. The first-order valence-electron chi connectivity index (χ1n) is 9.43. The molecule has 3 rings (SSSR count). The average Bonchev–Trinajstić information content (AvgIpc) is 3.19. The zero-order valence-electron chi connectivity index (χ0n) is 15.8. The summed E-state index contributed by atoms with van der Waals surface area (Å²) in [6.45, 7) is 5.36. The molecule has 4 heteroatoms. The largest absolute Gasteiger partial charge is 0.493 e. The highest BCUT2D eigenvalue weighted by atomic mass is 16.5. The van der Waals surface area contributed by atoms with Crippen molar-refractivity contribution < 1.29 is 14.2 Å². The minimum absolute atomic E-state index is 0.211. The Balaban J connectivity index is 1.48. The van der Waals surface area contributed by atoms with E-state index in [1.165, 1.54) is 16.7 Å². The van der Waals surface area contributed by atoms with Gasteiger partial charge >= 0.3 is 0 Å². The van der Waals surface area contributed by atoms with Crippen molar-refractivity contribution in [2.45, 2.75) is 38.8 Å². The molecule has 26 heavy (non-hydrogen) atoms. The van der Waals surface area contributed by atoms with Crippen molar-refractivity contribution in [1.82, 2.24) is 5.32 Å². The van der Waals surface area contributed by atoms with Gasteiger partial charge in [-0.1, -0.05) is 30.3 Å². The van der Waals surface area contributed by atoms with Crippen LogP contribution in [0.2, 0.25) is 0 Å². The standard InChI is InChI=1S/C22H29NO3/c1-17-6-3-4-7-19(17)11-12-23-15-18-9-10-21(22(14-18)24-2)26-16-20-8-5-13-25-20/h3-4,6-7,9-10,14,20,23H,5,8,11-13,15-16H2,1-2H3. The molecule has 0 amide bonds. The minimum Gasteiger partial charge on any atom is -0.493 e. The van der Waals surface area contributed by atoms with Crippen molar-refractivity contribution >= 4 is 0 Å². The van der Waals surface area contributed by atoms with E-state index in [0.717, 1.165) is 50.5 Å². The number of methoxy groups -OCH3 is 1. The molecule has 0 saturated carbocycles. The summed E-state index contributed by atoms with van der Waals surface area (Å²) in [5.74, 6) is 1.56. The Bertz CT molecular complexity index is 696. The van der Waals surface area contributed by atoms with E-state index in [9.17, 15) is 0 Å². The quantitative estimate of drug-likeness (QED) is 0.693. The molecule has 1 unspecified atom stereocenters. The van der Waals surface area contributed by atoms with Gasteiger partial charge in [0.1, 0.15) is 6.61 Å². The first kappa shape index (κ1) is 18.7. The van der Waals surface area contributed by atoms with Crippen LogP contribution in [-0.4, -0.2) is 33.0 Å². The van der Waals surface area contributed by atoms with Gasteiger partial charge in [0.05, 0.1) is 13.2 Å². The van der Waals surface area contributed by atoms with Crippen molar-refractivity contribution in [3.05, 3.63) is 59.2 Å². The fourth-order valence-corrected chi connectivity index (χ4v) is 3.25. The Morgan fingerprint density at radius 3 is 2.81 bits per heavy atom. The van der Waals surface area contributed by atoms with Gasteiger partial charge < -0.3 is 19.5 Å². The number of hydrogen-bond acceptors (Lipinski definition) is 4. The van der Waals surface area contributed by atoms with Crippen LogP contribution in [0.15, 0.2) is 42.5 Å². The van der Waals surface area contributed by atoms with Gasteiger partial charge in [-0.15, -0.1) is 0 Å².